The van der Waals surface area contributed by atoms with Gasteiger partial charge in [0.05, 0.1) is 47.6 Å². The van der Waals surface area contributed by atoms with Crippen molar-refractivity contribution < 1.29 is 41.2 Å². The van der Waals surface area contributed by atoms with Gasteiger partial charge in [-0.1, -0.05) is 11.6 Å². The SMILES string of the molecule is Nc1cc(Cl)ccc1[N+](=O)[O-].Nc1cc(N2CCOCC2)ccc1[N+](=O)[O-].Nc1ccc(N2CCOCC2)cc1N.[CH3-].[HH].[Pd]. The van der Waals surface area contributed by atoms with Gasteiger partial charge in [0.1, 0.15) is 11.4 Å². The number of nitrogens with two attached hydrogens (primary N) is 4. The number of rotatable bonds is 4. The smallest absolute Gasteiger partial charge is 0.292 e. The van der Waals surface area contributed by atoms with Gasteiger partial charge in [0.2, 0.25) is 0 Å². The largest absolute Gasteiger partial charge is 0.397 e. The number of morpholine rings is 2. The molecule has 0 spiro atoms. The number of halogens is 1. The minimum Gasteiger partial charge on any atom is -0.397 e. The van der Waals surface area contributed by atoms with Crippen LogP contribution in [-0.4, -0.2) is 62.5 Å². The number of benzene rings is 3. The molecule has 0 saturated carbocycles. The molecule has 2 fully saturated rings. The van der Waals surface area contributed by atoms with Crippen LogP contribution in [0.3, 0.4) is 0 Å². The summed E-state index contributed by atoms with van der Waals surface area (Å²) in [6.07, 6.45) is 0. The van der Waals surface area contributed by atoms with E-state index in [1.165, 1.54) is 24.3 Å². The van der Waals surface area contributed by atoms with Crippen LogP contribution < -0.4 is 32.7 Å². The predicted molar refractivity (Wildman–Crippen MR) is 170 cm³/mol. The van der Waals surface area contributed by atoms with Gasteiger partial charge in [-0.3, -0.25) is 20.2 Å². The molecule has 0 aromatic heterocycles. The third-order valence-electron chi connectivity index (χ3n) is 6.22. The fourth-order valence-electron chi connectivity index (χ4n) is 4.00. The fraction of sp³-hybridized carbons (Fsp3) is 0.296. The van der Waals surface area contributed by atoms with Crippen LogP contribution in [0.1, 0.15) is 1.43 Å². The third kappa shape index (κ3) is 11.0. The molecule has 0 aliphatic carbocycles. The van der Waals surface area contributed by atoms with E-state index >= 15 is 0 Å². The van der Waals surface area contributed by atoms with E-state index in [4.69, 9.17) is 44.0 Å². The Hall–Kier alpha value is -3.87. The van der Waals surface area contributed by atoms with Gasteiger partial charge in [-0.05, 0) is 42.5 Å². The molecule has 0 bridgehead atoms. The molecule has 240 valence electrons. The molecule has 0 amide bonds. The van der Waals surface area contributed by atoms with Gasteiger partial charge in [-0.25, -0.2) is 0 Å². The molecule has 0 atom stereocenters. The third-order valence-corrected chi connectivity index (χ3v) is 6.45. The zero-order valence-corrected chi connectivity index (χ0v) is 25.9. The first kappa shape index (κ1) is 37.2. The summed E-state index contributed by atoms with van der Waals surface area (Å²) in [5, 5.41) is 21.2. The van der Waals surface area contributed by atoms with E-state index in [-0.39, 0.29) is 52.0 Å². The molecule has 14 nitrogen and oxygen atoms in total. The zero-order valence-electron chi connectivity index (χ0n) is 23.6. The van der Waals surface area contributed by atoms with Crippen LogP contribution in [0.5, 0.6) is 0 Å². The molecule has 5 rings (SSSR count). The Kier molecular flexibility index (Phi) is 15.5. The molecule has 2 aliphatic heterocycles. The van der Waals surface area contributed by atoms with Gasteiger partial charge >= 0.3 is 0 Å². The number of nitro groups is 2. The van der Waals surface area contributed by atoms with E-state index in [1.54, 1.807) is 12.1 Å². The van der Waals surface area contributed by atoms with Crippen molar-refractivity contribution in [2.45, 2.75) is 0 Å². The maximum absolute atomic E-state index is 10.6. The van der Waals surface area contributed by atoms with Crippen LogP contribution in [0.15, 0.2) is 54.6 Å². The number of nitrogens with zero attached hydrogens (tertiary/aromatic N) is 4. The maximum atomic E-state index is 10.6. The molecule has 43 heavy (non-hydrogen) atoms. The zero-order chi connectivity index (χ0) is 29.9. The molecule has 0 radical (unpaired) electrons. The minimum absolute atomic E-state index is 0. The number of ether oxygens (including phenoxy) is 2. The molecule has 2 heterocycles. The number of anilines is 6. The van der Waals surface area contributed by atoms with Crippen molar-refractivity contribution in [3.8, 4) is 0 Å². The summed E-state index contributed by atoms with van der Waals surface area (Å²) in [6.45, 7) is 6.34. The Bertz CT molecular complexity index is 1360. The quantitative estimate of drug-likeness (QED) is 0.0984. The van der Waals surface area contributed by atoms with E-state index < -0.39 is 9.85 Å². The van der Waals surface area contributed by atoms with E-state index in [1.807, 2.05) is 18.2 Å². The predicted octanol–water partition coefficient (Wildman–Crippen LogP) is 4.23. The average molecular weight is 713 g/mol. The first-order chi connectivity index (χ1) is 19.6. The molecule has 2 aliphatic rings. The maximum Gasteiger partial charge on any atom is 0.292 e. The van der Waals surface area contributed by atoms with Crippen molar-refractivity contribution in [1.82, 2.24) is 0 Å². The Morgan fingerprint density at radius 3 is 1.44 bits per heavy atom. The van der Waals surface area contributed by atoms with E-state index in [0.29, 0.717) is 29.6 Å². The van der Waals surface area contributed by atoms with E-state index in [0.717, 1.165) is 50.8 Å². The summed E-state index contributed by atoms with van der Waals surface area (Å²) in [7, 11) is 0. The molecule has 3 aromatic carbocycles. The fourth-order valence-corrected chi connectivity index (χ4v) is 4.18. The van der Waals surface area contributed by atoms with Crippen LogP contribution in [0.4, 0.5) is 45.5 Å². The standard InChI is InChI=1S/C10H13N3O3.C10H15N3O.C6H5ClN2O2.CH3.Pd.H2/c11-9-7-8(1-2-10(9)13(14)15)12-3-5-16-6-4-12;11-9-2-1-8(7-10(9)12)13-3-5-14-6-4-13;7-4-1-2-6(9(10)11)5(8)3-4;;;/h1-2,7H,3-6,11H2;1-2,7H,3-6,11-12H2;1-3H,8H2;1H3;;1H/q;;;-1;;. The van der Waals surface area contributed by atoms with Crippen molar-refractivity contribution in [1.29, 1.82) is 0 Å². The Balaban J connectivity index is 0.000000619. The van der Waals surface area contributed by atoms with Crippen molar-refractivity contribution in [2.75, 3.05) is 85.3 Å². The van der Waals surface area contributed by atoms with Gasteiger partial charge in [0.25, 0.3) is 11.4 Å². The van der Waals surface area contributed by atoms with E-state index in [2.05, 4.69) is 9.80 Å². The first-order valence-electron chi connectivity index (χ1n) is 12.6. The summed E-state index contributed by atoms with van der Waals surface area (Å²) in [6, 6.07) is 14.6. The summed E-state index contributed by atoms with van der Waals surface area (Å²) >= 11 is 5.52. The van der Waals surface area contributed by atoms with E-state index in [9.17, 15) is 20.2 Å². The number of hydrogen-bond donors (Lipinski definition) is 4. The van der Waals surface area contributed by atoms with Crippen LogP contribution in [-0.2, 0) is 29.9 Å². The second-order valence-corrected chi connectivity index (χ2v) is 9.41. The molecular weight excluding hydrogens is 674 g/mol. The van der Waals surface area contributed by atoms with Gasteiger partial charge < -0.3 is 49.6 Å². The van der Waals surface area contributed by atoms with Gasteiger partial charge in [-0.15, -0.1) is 0 Å². The molecule has 8 N–H and O–H groups in total. The van der Waals surface area contributed by atoms with Crippen LogP contribution >= 0.6 is 11.6 Å². The number of hydrogen-bond acceptors (Lipinski definition) is 12. The summed E-state index contributed by atoms with van der Waals surface area (Å²) in [5.41, 5.74) is 25.8. The second kappa shape index (κ2) is 17.9. The monoisotopic (exact) mass is 711 g/mol. The number of nitrogen functional groups attached to an aromatic ring is 4. The minimum atomic E-state index is -0.550. The molecule has 3 aromatic rings. The molecular formula is C27H38ClN8O6Pd-. The topological polar surface area (TPSA) is 215 Å². The average Bonchev–Trinajstić information content (AvgIpc) is 2.96. The normalized spacial score (nSPS) is 14.0. The summed E-state index contributed by atoms with van der Waals surface area (Å²) in [5.74, 6) is 0. The van der Waals surface area contributed by atoms with Crippen LogP contribution in [0.25, 0.3) is 0 Å². The Morgan fingerprint density at radius 1 is 0.651 bits per heavy atom. The van der Waals surface area contributed by atoms with Crippen LogP contribution in [0.2, 0.25) is 5.02 Å². The molecule has 2 saturated heterocycles. The summed E-state index contributed by atoms with van der Waals surface area (Å²) < 4.78 is 10.5. The summed E-state index contributed by atoms with van der Waals surface area (Å²) in [4.78, 5) is 24.1. The van der Waals surface area contributed by atoms with Gasteiger partial charge in [0, 0.05) is 76.6 Å². The number of nitro benzene ring substituents is 2. The van der Waals surface area contributed by atoms with Gasteiger partial charge in [0.15, 0.2) is 0 Å². The first-order valence-corrected chi connectivity index (χ1v) is 13.0. The second-order valence-electron chi connectivity index (χ2n) is 8.97. The Labute approximate surface area is 270 Å². The molecule has 0 unspecified atom stereocenters. The van der Waals surface area contributed by atoms with Crippen molar-refractivity contribution in [2.24, 2.45) is 0 Å². The van der Waals surface area contributed by atoms with Crippen LogP contribution in [0, 0.1) is 27.7 Å². The Morgan fingerprint density at radius 2 is 1.05 bits per heavy atom. The van der Waals surface area contributed by atoms with Crippen molar-refractivity contribution >= 4 is 57.1 Å². The van der Waals surface area contributed by atoms with Crippen molar-refractivity contribution in [3.63, 3.8) is 0 Å². The molecule has 16 heteroatoms. The van der Waals surface area contributed by atoms with Crippen molar-refractivity contribution in [3.05, 3.63) is 87.3 Å². The van der Waals surface area contributed by atoms with Gasteiger partial charge in [-0.2, -0.15) is 0 Å².